The Balaban J connectivity index is 1.51. The molecule has 0 aliphatic heterocycles. The zero-order valence-corrected chi connectivity index (χ0v) is 16.5. The Morgan fingerprint density at radius 3 is 2.37 bits per heavy atom. The van der Waals surface area contributed by atoms with Gasteiger partial charge >= 0.3 is 6.03 Å². The quantitative estimate of drug-likeness (QED) is 0.460. The van der Waals surface area contributed by atoms with Crippen molar-refractivity contribution >= 4 is 11.9 Å². The van der Waals surface area contributed by atoms with Crippen LogP contribution in [0.5, 0.6) is 0 Å². The minimum absolute atomic E-state index is 0.0244. The number of benzene rings is 1. The number of nitrogens with zero attached hydrogens (tertiary/aromatic N) is 1. The Labute approximate surface area is 163 Å². The van der Waals surface area contributed by atoms with Crippen molar-refractivity contribution in [1.29, 1.82) is 0 Å². The minimum Gasteiger partial charge on any atom is -0.355 e. The molecule has 0 radical (unpaired) electrons. The molecule has 1 aliphatic carbocycles. The van der Waals surface area contributed by atoms with Gasteiger partial charge in [0.1, 0.15) is 0 Å². The molecule has 1 saturated carbocycles. The van der Waals surface area contributed by atoms with Gasteiger partial charge < -0.3 is 20.9 Å². The summed E-state index contributed by atoms with van der Waals surface area (Å²) in [5.41, 5.74) is 1.08. The van der Waals surface area contributed by atoms with E-state index in [1.54, 1.807) is 11.9 Å². The lowest BCUT2D eigenvalue weighted by atomic mass is 10.1. The summed E-state index contributed by atoms with van der Waals surface area (Å²) < 4.78 is 0. The molecule has 6 nitrogen and oxygen atoms in total. The van der Waals surface area contributed by atoms with Gasteiger partial charge in [0, 0.05) is 45.7 Å². The van der Waals surface area contributed by atoms with Crippen LogP contribution in [0.3, 0.4) is 0 Å². The molecule has 1 aromatic carbocycles. The second-order valence-corrected chi connectivity index (χ2v) is 7.32. The van der Waals surface area contributed by atoms with Crippen LogP contribution in [0.25, 0.3) is 0 Å². The standard InChI is InChI=1S/C21H34N4O2/c1-25(17-18-9-5-4-6-10-18)21(27)24-14-13-20(26)23-16-15-22-19-11-7-2-3-8-12-19/h4-6,9-10,19,22H,2-3,7-8,11-17H2,1H3,(H,23,26)(H,24,27). The smallest absolute Gasteiger partial charge is 0.317 e. The van der Waals surface area contributed by atoms with E-state index < -0.39 is 0 Å². The fraction of sp³-hybridized carbons (Fsp3) is 0.619. The van der Waals surface area contributed by atoms with E-state index in [-0.39, 0.29) is 11.9 Å². The molecule has 0 heterocycles. The van der Waals surface area contributed by atoms with Crippen LogP contribution >= 0.6 is 0 Å². The van der Waals surface area contributed by atoms with E-state index in [0.29, 0.717) is 32.1 Å². The lowest BCUT2D eigenvalue weighted by Crippen LogP contribution is -2.40. The van der Waals surface area contributed by atoms with Gasteiger partial charge in [-0.1, -0.05) is 56.0 Å². The van der Waals surface area contributed by atoms with Crippen LogP contribution in [0.1, 0.15) is 50.5 Å². The fourth-order valence-electron chi connectivity index (χ4n) is 3.40. The number of carbonyl (C=O) groups is 2. The summed E-state index contributed by atoms with van der Waals surface area (Å²) >= 11 is 0. The highest BCUT2D eigenvalue weighted by Crippen LogP contribution is 2.16. The van der Waals surface area contributed by atoms with E-state index in [9.17, 15) is 9.59 Å². The lowest BCUT2D eigenvalue weighted by molar-refractivity contribution is -0.120. The van der Waals surface area contributed by atoms with Gasteiger partial charge in [-0.25, -0.2) is 4.79 Å². The Hall–Kier alpha value is -2.08. The van der Waals surface area contributed by atoms with Gasteiger partial charge in [0.25, 0.3) is 0 Å². The zero-order chi connectivity index (χ0) is 19.3. The van der Waals surface area contributed by atoms with Gasteiger partial charge in [-0.15, -0.1) is 0 Å². The van der Waals surface area contributed by atoms with Gasteiger partial charge in [0.15, 0.2) is 0 Å². The maximum absolute atomic E-state index is 12.1. The average molecular weight is 375 g/mol. The number of urea groups is 1. The molecule has 1 aromatic rings. The van der Waals surface area contributed by atoms with Crippen LogP contribution in [0.4, 0.5) is 4.79 Å². The van der Waals surface area contributed by atoms with Crippen molar-refractivity contribution in [3.8, 4) is 0 Å². The van der Waals surface area contributed by atoms with E-state index in [1.165, 1.54) is 38.5 Å². The molecule has 150 valence electrons. The van der Waals surface area contributed by atoms with Crippen molar-refractivity contribution in [2.45, 2.75) is 57.5 Å². The molecular weight excluding hydrogens is 340 g/mol. The number of hydrogen-bond donors (Lipinski definition) is 3. The number of rotatable bonds is 9. The summed E-state index contributed by atoms with van der Waals surface area (Å²) in [6, 6.07) is 10.3. The first-order chi connectivity index (χ1) is 13.1. The molecule has 2 rings (SSSR count). The Kier molecular flexibility index (Phi) is 9.69. The highest BCUT2D eigenvalue weighted by atomic mass is 16.2. The van der Waals surface area contributed by atoms with Crippen molar-refractivity contribution in [2.75, 3.05) is 26.7 Å². The summed E-state index contributed by atoms with van der Waals surface area (Å²) in [4.78, 5) is 25.6. The summed E-state index contributed by atoms with van der Waals surface area (Å²) in [5, 5.41) is 9.25. The van der Waals surface area contributed by atoms with Crippen molar-refractivity contribution in [3.63, 3.8) is 0 Å². The Morgan fingerprint density at radius 1 is 0.963 bits per heavy atom. The van der Waals surface area contributed by atoms with E-state index in [1.807, 2.05) is 30.3 Å². The Morgan fingerprint density at radius 2 is 1.67 bits per heavy atom. The van der Waals surface area contributed by atoms with Gasteiger partial charge in [-0.2, -0.15) is 0 Å². The number of hydrogen-bond acceptors (Lipinski definition) is 3. The molecule has 6 heteroatoms. The number of amides is 3. The maximum Gasteiger partial charge on any atom is 0.317 e. The molecular formula is C21H34N4O2. The summed E-state index contributed by atoms with van der Waals surface area (Å²) in [7, 11) is 1.75. The first kappa shape index (κ1) is 21.2. The normalized spacial score (nSPS) is 15.0. The largest absolute Gasteiger partial charge is 0.355 e. The highest BCUT2D eigenvalue weighted by molar-refractivity contribution is 5.78. The second-order valence-electron chi connectivity index (χ2n) is 7.32. The van der Waals surface area contributed by atoms with Crippen molar-refractivity contribution < 1.29 is 9.59 Å². The minimum atomic E-state index is -0.165. The molecule has 3 amide bonds. The van der Waals surface area contributed by atoms with E-state index >= 15 is 0 Å². The van der Waals surface area contributed by atoms with Crippen LogP contribution < -0.4 is 16.0 Å². The van der Waals surface area contributed by atoms with Crippen molar-refractivity contribution in [3.05, 3.63) is 35.9 Å². The molecule has 0 spiro atoms. The molecule has 0 bridgehead atoms. The lowest BCUT2D eigenvalue weighted by Gasteiger charge is -2.18. The fourth-order valence-corrected chi connectivity index (χ4v) is 3.40. The van der Waals surface area contributed by atoms with Gasteiger partial charge in [0.2, 0.25) is 5.91 Å². The Bertz CT molecular complexity index is 557. The van der Waals surface area contributed by atoms with Gasteiger partial charge in [-0.05, 0) is 18.4 Å². The second kappa shape index (κ2) is 12.3. The molecule has 0 aromatic heterocycles. The highest BCUT2D eigenvalue weighted by Gasteiger charge is 2.12. The summed E-state index contributed by atoms with van der Waals surface area (Å²) in [5.74, 6) is -0.0244. The molecule has 0 atom stereocenters. The molecule has 1 aliphatic rings. The average Bonchev–Trinajstić information content (AvgIpc) is 2.95. The third kappa shape index (κ3) is 8.91. The maximum atomic E-state index is 12.1. The number of carbonyl (C=O) groups excluding carboxylic acids is 2. The van der Waals surface area contributed by atoms with Crippen LogP contribution in [0.2, 0.25) is 0 Å². The molecule has 27 heavy (non-hydrogen) atoms. The van der Waals surface area contributed by atoms with E-state index in [4.69, 9.17) is 0 Å². The molecule has 3 N–H and O–H groups in total. The van der Waals surface area contributed by atoms with Crippen LogP contribution in [0, 0.1) is 0 Å². The number of nitrogens with one attached hydrogen (secondary N) is 3. The molecule has 1 fully saturated rings. The van der Waals surface area contributed by atoms with Crippen LogP contribution in [0.15, 0.2) is 30.3 Å². The molecule has 0 saturated heterocycles. The summed E-state index contributed by atoms with van der Waals surface area (Å²) in [6.07, 6.45) is 8.11. The predicted octanol–water partition coefficient (Wildman–Crippen LogP) is 2.65. The first-order valence-corrected chi connectivity index (χ1v) is 10.2. The third-order valence-electron chi connectivity index (χ3n) is 4.97. The van der Waals surface area contributed by atoms with Gasteiger partial charge in [-0.3, -0.25) is 4.79 Å². The first-order valence-electron chi connectivity index (χ1n) is 10.2. The SMILES string of the molecule is CN(Cc1ccccc1)C(=O)NCCC(=O)NCCNC1CCCCCC1. The van der Waals surface area contributed by atoms with Crippen molar-refractivity contribution in [2.24, 2.45) is 0 Å². The zero-order valence-electron chi connectivity index (χ0n) is 16.5. The van der Waals surface area contributed by atoms with Crippen LogP contribution in [-0.2, 0) is 11.3 Å². The predicted molar refractivity (Wildman–Crippen MR) is 108 cm³/mol. The topological polar surface area (TPSA) is 73.5 Å². The van der Waals surface area contributed by atoms with E-state index in [0.717, 1.165) is 12.1 Å². The van der Waals surface area contributed by atoms with Crippen molar-refractivity contribution in [1.82, 2.24) is 20.9 Å². The van der Waals surface area contributed by atoms with Gasteiger partial charge in [0.05, 0.1) is 0 Å². The molecule has 0 unspecified atom stereocenters. The third-order valence-corrected chi connectivity index (χ3v) is 4.97. The van der Waals surface area contributed by atoms with E-state index in [2.05, 4.69) is 16.0 Å². The summed E-state index contributed by atoms with van der Waals surface area (Å²) in [6.45, 7) is 2.34. The van der Waals surface area contributed by atoms with Crippen LogP contribution in [-0.4, -0.2) is 49.6 Å². The monoisotopic (exact) mass is 374 g/mol.